The van der Waals surface area contributed by atoms with Crippen LogP contribution < -0.4 is 0 Å². The molecule has 0 saturated carbocycles. The molecule has 0 bridgehead atoms. The van der Waals surface area contributed by atoms with Gasteiger partial charge in [0.05, 0.1) is 10.4 Å². The van der Waals surface area contributed by atoms with Gasteiger partial charge in [-0.1, -0.05) is 11.6 Å². The Kier molecular flexibility index (Phi) is 2.26. The maximum atomic E-state index is 10.4. The molecule has 58 valence electrons. The van der Waals surface area contributed by atoms with E-state index in [0.29, 0.717) is 11.2 Å². The van der Waals surface area contributed by atoms with Crippen molar-refractivity contribution in [2.24, 2.45) is 0 Å². The number of hydrogen-bond acceptors (Lipinski definition) is 3. The number of carboxylic acid groups (broad SMARTS) is 1. The Balaban J connectivity index is 3.16. The van der Waals surface area contributed by atoms with Gasteiger partial charge >= 0.3 is 5.97 Å². The van der Waals surface area contributed by atoms with Gasteiger partial charge in [-0.25, -0.2) is 4.79 Å². The highest BCUT2D eigenvalue weighted by atomic mass is 35.5. The zero-order valence-corrected chi connectivity index (χ0v) is 6.78. The highest BCUT2D eigenvalue weighted by Gasteiger charge is 2.12. The zero-order valence-electron chi connectivity index (χ0n) is 5.20. The quantitative estimate of drug-likeness (QED) is 0.725. The third-order valence-corrected chi connectivity index (χ3v) is 2.34. The van der Waals surface area contributed by atoms with Crippen LogP contribution in [0.3, 0.4) is 0 Å². The summed E-state index contributed by atoms with van der Waals surface area (Å²) in [4.78, 5) is 20.8. The van der Waals surface area contributed by atoms with E-state index in [0.717, 1.165) is 11.3 Å². The van der Waals surface area contributed by atoms with Crippen LogP contribution in [-0.2, 0) is 0 Å². The molecule has 0 saturated heterocycles. The van der Waals surface area contributed by atoms with E-state index in [4.69, 9.17) is 16.7 Å². The second-order valence-corrected chi connectivity index (χ2v) is 3.45. The first-order chi connectivity index (χ1) is 5.15. The van der Waals surface area contributed by atoms with Crippen LogP contribution in [0.15, 0.2) is 6.07 Å². The van der Waals surface area contributed by atoms with Gasteiger partial charge in [-0.05, 0) is 6.07 Å². The predicted molar refractivity (Wildman–Crippen MR) is 41.7 cm³/mol. The fourth-order valence-electron chi connectivity index (χ4n) is 0.591. The topological polar surface area (TPSA) is 54.4 Å². The van der Waals surface area contributed by atoms with E-state index in [2.05, 4.69) is 0 Å². The van der Waals surface area contributed by atoms with Gasteiger partial charge < -0.3 is 5.11 Å². The molecule has 0 spiro atoms. The van der Waals surface area contributed by atoms with Gasteiger partial charge in [0.1, 0.15) is 4.34 Å². The van der Waals surface area contributed by atoms with Crippen LogP contribution in [0.1, 0.15) is 20.0 Å². The average molecular weight is 191 g/mol. The second-order valence-electron chi connectivity index (χ2n) is 1.76. The van der Waals surface area contributed by atoms with Crippen molar-refractivity contribution in [1.29, 1.82) is 0 Å². The van der Waals surface area contributed by atoms with Crippen LogP contribution in [0.25, 0.3) is 0 Å². The highest BCUT2D eigenvalue weighted by molar-refractivity contribution is 7.18. The number of carboxylic acids is 1. The smallest absolute Gasteiger partial charge is 0.338 e. The maximum Gasteiger partial charge on any atom is 0.338 e. The van der Waals surface area contributed by atoms with Crippen molar-refractivity contribution in [3.05, 3.63) is 20.8 Å². The summed E-state index contributed by atoms with van der Waals surface area (Å²) in [5, 5.41) is 8.48. The Labute approximate surface area is 71.2 Å². The molecule has 0 fully saturated rings. The fourth-order valence-corrected chi connectivity index (χ4v) is 1.68. The van der Waals surface area contributed by atoms with Crippen LogP contribution in [0, 0.1) is 0 Å². The lowest BCUT2D eigenvalue weighted by molar-refractivity contribution is 0.0697. The van der Waals surface area contributed by atoms with E-state index >= 15 is 0 Å². The molecule has 1 N–H and O–H groups in total. The van der Waals surface area contributed by atoms with E-state index in [1.165, 1.54) is 6.07 Å². The standard InChI is InChI=1S/C6H3ClO3S/c7-5-4(6(9)10)1-3(2-8)11-5/h1-2H,(H,9,10). The van der Waals surface area contributed by atoms with Gasteiger partial charge in [-0.3, -0.25) is 4.79 Å². The SMILES string of the molecule is O=Cc1cc(C(=O)O)c(Cl)s1. The maximum absolute atomic E-state index is 10.4. The fraction of sp³-hybridized carbons (Fsp3) is 0. The van der Waals surface area contributed by atoms with Crippen molar-refractivity contribution >= 4 is 35.2 Å². The van der Waals surface area contributed by atoms with Crippen molar-refractivity contribution in [3.63, 3.8) is 0 Å². The summed E-state index contributed by atoms with van der Waals surface area (Å²) in [6, 6.07) is 1.25. The molecule has 0 aromatic carbocycles. The summed E-state index contributed by atoms with van der Waals surface area (Å²) in [6.07, 6.45) is 0.572. The van der Waals surface area contributed by atoms with Crippen LogP contribution in [0.4, 0.5) is 0 Å². The van der Waals surface area contributed by atoms with Crippen molar-refractivity contribution in [2.75, 3.05) is 0 Å². The second kappa shape index (κ2) is 3.02. The molecule has 0 radical (unpaired) electrons. The molecule has 1 heterocycles. The molecule has 1 aromatic rings. The van der Waals surface area contributed by atoms with E-state index in [1.54, 1.807) is 0 Å². The molecule has 0 aliphatic carbocycles. The monoisotopic (exact) mass is 190 g/mol. The number of halogens is 1. The zero-order chi connectivity index (χ0) is 8.43. The van der Waals surface area contributed by atoms with Gasteiger partial charge in [0.2, 0.25) is 0 Å². The number of hydrogen-bond donors (Lipinski definition) is 1. The van der Waals surface area contributed by atoms with E-state index in [9.17, 15) is 9.59 Å². The first-order valence-corrected chi connectivity index (χ1v) is 3.82. The Morgan fingerprint density at radius 1 is 1.73 bits per heavy atom. The lowest BCUT2D eigenvalue weighted by Gasteiger charge is -1.84. The minimum atomic E-state index is -1.11. The van der Waals surface area contributed by atoms with Crippen molar-refractivity contribution in [3.8, 4) is 0 Å². The molecule has 1 rings (SSSR count). The number of rotatable bonds is 2. The minimum absolute atomic E-state index is 0.0150. The molecule has 0 atom stereocenters. The molecule has 0 aliphatic rings. The number of thiophene rings is 1. The summed E-state index contributed by atoms with van der Waals surface area (Å²) in [7, 11) is 0. The molecular weight excluding hydrogens is 188 g/mol. The number of aromatic carboxylic acids is 1. The Hall–Kier alpha value is -0.870. The molecule has 3 nitrogen and oxygen atoms in total. The summed E-state index contributed by atoms with van der Waals surface area (Å²) in [5.41, 5.74) is -0.0150. The highest BCUT2D eigenvalue weighted by Crippen LogP contribution is 2.26. The minimum Gasteiger partial charge on any atom is -0.478 e. The summed E-state index contributed by atoms with van der Waals surface area (Å²) in [6.45, 7) is 0. The van der Waals surface area contributed by atoms with Crippen molar-refractivity contribution in [1.82, 2.24) is 0 Å². The third kappa shape index (κ3) is 1.58. The van der Waals surface area contributed by atoms with E-state index < -0.39 is 5.97 Å². The molecule has 5 heteroatoms. The average Bonchev–Trinajstić information content (AvgIpc) is 2.30. The number of carbonyl (C=O) groups excluding carboxylic acids is 1. The first-order valence-electron chi connectivity index (χ1n) is 2.63. The van der Waals surface area contributed by atoms with Gasteiger partial charge in [0.15, 0.2) is 6.29 Å². The summed E-state index contributed by atoms with van der Waals surface area (Å²) in [5.74, 6) is -1.11. The van der Waals surface area contributed by atoms with Crippen molar-refractivity contribution < 1.29 is 14.7 Å². The van der Waals surface area contributed by atoms with Crippen LogP contribution in [-0.4, -0.2) is 17.4 Å². The van der Waals surface area contributed by atoms with Crippen LogP contribution >= 0.6 is 22.9 Å². The molecule has 0 amide bonds. The Morgan fingerprint density at radius 2 is 2.36 bits per heavy atom. The summed E-state index contributed by atoms with van der Waals surface area (Å²) >= 11 is 6.46. The molecule has 1 aromatic heterocycles. The first kappa shape index (κ1) is 8.23. The van der Waals surface area contributed by atoms with Gasteiger partial charge in [-0.15, -0.1) is 11.3 Å². The molecule has 0 aliphatic heterocycles. The van der Waals surface area contributed by atoms with Crippen LogP contribution in [0.5, 0.6) is 0 Å². The van der Waals surface area contributed by atoms with Gasteiger partial charge in [0.25, 0.3) is 0 Å². The lowest BCUT2D eigenvalue weighted by atomic mass is 10.3. The number of aldehydes is 1. The van der Waals surface area contributed by atoms with Gasteiger partial charge in [-0.2, -0.15) is 0 Å². The molecule has 11 heavy (non-hydrogen) atoms. The number of carbonyl (C=O) groups is 2. The summed E-state index contributed by atoms with van der Waals surface area (Å²) < 4.78 is 0.139. The lowest BCUT2D eigenvalue weighted by Crippen LogP contribution is -1.93. The molecule has 0 unspecified atom stereocenters. The van der Waals surface area contributed by atoms with Crippen molar-refractivity contribution in [2.45, 2.75) is 0 Å². The van der Waals surface area contributed by atoms with Crippen LogP contribution in [0.2, 0.25) is 4.34 Å². The molecular formula is C6H3ClO3S. The largest absolute Gasteiger partial charge is 0.478 e. The Morgan fingerprint density at radius 3 is 2.64 bits per heavy atom. The van der Waals surface area contributed by atoms with Gasteiger partial charge in [0, 0.05) is 0 Å². The predicted octanol–water partition coefficient (Wildman–Crippen LogP) is 1.91. The van der Waals surface area contributed by atoms with E-state index in [-0.39, 0.29) is 9.90 Å². The third-order valence-electron chi connectivity index (χ3n) is 1.05. The van der Waals surface area contributed by atoms with E-state index in [1.807, 2.05) is 0 Å². The Bertz CT molecular complexity index is 305. The normalized spacial score (nSPS) is 9.55.